The number of carboxylic acid groups (broad SMARTS) is 1. The molecule has 0 bridgehead atoms. The minimum Gasteiger partial charge on any atom is -0.494 e. The zero-order valence-corrected chi connectivity index (χ0v) is 14.9. The molecule has 0 aliphatic carbocycles. The van der Waals surface area contributed by atoms with E-state index in [0.717, 1.165) is 0 Å². The van der Waals surface area contributed by atoms with Gasteiger partial charge in [0.05, 0.1) is 11.3 Å². The zero-order valence-electron chi connectivity index (χ0n) is 14.9. The molecule has 0 unspecified atom stereocenters. The quantitative estimate of drug-likeness (QED) is 0.138. The molecule has 1 fully saturated rings. The molecule has 28 heavy (non-hydrogen) atoms. The van der Waals surface area contributed by atoms with E-state index in [-0.39, 0.29) is 17.9 Å². The number of carboxylic acids is 1. The monoisotopic (exact) mass is 398 g/mol. The molecule has 154 valence electrons. The van der Waals surface area contributed by atoms with Crippen molar-refractivity contribution >= 4 is 11.9 Å². The lowest BCUT2D eigenvalue weighted by atomic mass is 9.99. The van der Waals surface area contributed by atoms with Gasteiger partial charge < -0.3 is 34.6 Å². The highest BCUT2D eigenvalue weighted by Crippen LogP contribution is 2.28. The molecule has 0 saturated carbocycles. The lowest BCUT2D eigenvalue weighted by molar-refractivity contribution is -0.271. The van der Waals surface area contributed by atoms with Crippen LogP contribution in [-0.2, 0) is 20.9 Å². The highest BCUT2D eigenvalue weighted by atomic mass is 16.7. The van der Waals surface area contributed by atoms with E-state index in [1.165, 1.54) is 12.1 Å². The fourth-order valence-corrected chi connectivity index (χ4v) is 2.51. The Morgan fingerprint density at radius 1 is 1.25 bits per heavy atom. The van der Waals surface area contributed by atoms with E-state index >= 15 is 0 Å². The van der Waals surface area contributed by atoms with Gasteiger partial charge in [0.1, 0.15) is 30.7 Å². The van der Waals surface area contributed by atoms with Crippen molar-refractivity contribution in [2.24, 2.45) is 5.84 Å². The number of hydrogen-bond donors (Lipinski definition) is 6. The van der Waals surface area contributed by atoms with Gasteiger partial charge in [-0.1, -0.05) is 12.6 Å². The van der Waals surface area contributed by atoms with E-state index in [9.17, 15) is 24.9 Å². The molecular formula is C17H22N2O9. The Balaban J connectivity index is 2.29. The maximum atomic E-state index is 12.1. The summed E-state index contributed by atoms with van der Waals surface area (Å²) in [4.78, 5) is 23.2. The Morgan fingerprint density at radius 2 is 1.93 bits per heavy atom. The summed E-state index contributed by atoms with van der Waals surface area (Å²) in [5, 5.41) is 38.7. The van der Waals surface area contributed by atoms with Crippen molar-refractivity contribution in [3.05, 3.63) is 41.7 Å². The van der Waals surface area contributed by atoms with Crippen LogP contribution in [0.1, 0.15) is 22.8 Å². The van der Waals surface area contributed by atoms with Crippen molar-refractivity contribution in [2.75, 3.05) is 0 Å². The van der Waals surface area contributed by atoms with Gasteiger partial charge in [-0.3, -0.25) is 10.2 Å². The first-order valence-electron chi connectivity index (χ1n) is 8.17. The number of aliphatic carboxylic acids is 1. The largest absolute Gasteiger partial charge is 0.494 e. The molecule has 0 radical (unpaired) electrons. The van der Waals surface area contributed by atoms with Gasteiger partial charge >= 0.3 is 5.97 Å². The van der Waals surface area contributed by atoms with Gasteiger partial charge in [0.25, 0.3) is 5.91 Å². The number of carbonyl (C=O) groups excluding carboxylic acids is 1. The van der Waals surface area contributed by atoms with Crippen LogP contribution in [0.5, 0.6) is 5.75 Å². The second-order valence-corrected chi connectivity index (χ2v) is 6.15. The summed E-state index contributed by atoms with van der Waals surface area (Å²) >= 11 is 0. The summed E-state index contributed by atoms with van der Waals surface area (Å²) in [6, 6.07) is 4.33. The SMILES string of the molecule is C=C(C)OCc1ccc(O[C@@H]2O[C@H](C(=O)O)[C@@H](O)[C@H](O)[C@H]2O)c(C(=O)NN)c1. The molecule has 1 heterocycles. The molecular weight excluding hydrogens is 376 g/mol. The van der Waals surface area contributed by atoms with E-state index in [1.54, 1.807) is 13.0 Å². The number of nitrogen functional groups attached to an aromatic ring is 1. The van der Waals surface area contributed by atoms with Crippen molar-refractivity contribution in [3.8, 4) is 5.75 Å². The summed E-state index contributed by atoms with van der Waals surface area (Å²) in [5.74, 6) is 3.26. The number of allylic oxidation sites excluding steroid dienone is 1. The number of aliphatic hydroxyl groups is 3. The minimum atomic E-state index is -1.86. The van der Waals surface area contributed by atoms with Crippen molar-refractivity contribution in [2.45, 2.75) is 44.2 Å². The molecule has 1 aromatic rings. The van der Waals surface area contributed by atoms with Gasteiger partial charge in [0.2, 0.25) is 6.29 Å². The van der Waals surface area contributed by atoms with Crippen LogP contribution in [0.3, 0.4) is 0 Å². The first-order valence-corrected chi connectivity index (χ1v) is 8.17. The average molecular weight is 398 g/mol. The molecule has 1 aliphatic heterocycles. The van der Waals surface area contributed by atoms with Crippen molar-refractivity contribution in [3.63, 3.8) is 0 Å². The summed E-state index contributed by atoms with van der Waals surface area (Å²) in [7, 11) is 0. The molecule has 0 aromatic heterocycles. The summed E-state index contributed by atoms with van der Waals surface area (Å²) in [6.45, 7) is 5.38. The van der Waals surface area contributed by atoms with Gasteiger partial charge in [-0.15, -0.1) is 0 Å². The second-order valence-electron chi connectivity index (χ2n) is 6.15. The van der Waals surface area contributed by atoms with Crippen molar-refractivity contribution in [1.82, 2.24) is 5.43 Å². The Bertz CT molecular complexity index is 754. The van der Waals surface area contributed by atoms with Gasteiger partial charge in [0.15, 0.2) is 6.10 Å². The number of amides is 1. The molecule has 11 heteroatoms. The van der Waals surface area contributed by atoms with Crippen molar-refractivity contribution in [1.29, 1.82) is 0 Å². The van der Waals surface area contributed by atoms with Crippen molar-refractivity contribution < 1.29 is 44.2 Å². The molecule has 1 aromatic carbocycles. The van der Waals surface area contributed by atoms with Crippen LogP contribution < -0.4 is 16.0 Å². The molecule has 2 rings (SSSR count). The Labute approximate surface area is 159 Å². The first-order chi connectivity index (χ1) is 13.1. The van der Waals surface area contributed by atoms with Crippen LogP contribution in [-0.4, -0.2) is 63.0 Å². The number of ether oxygens (including phenoxy) is 3. The maximum Gasteiger partial charge on any atom is 0.335 e. The number of benzene rings is 1. The maximum absolute atomic E-state index is 12.1. The van der Waals surface area contributed by atoms with Gasteiger partial charge in [0, 0.05) is 0 Å². The number of nitrogens with one attached hydrogen (secondary N) is 1. The number of aliphatic hydroxyl groups excluding tert-OH is 3. The van der Waals surface area contributed by atoms with E-state index in [4.69, 9.17) is 25.2 Å². The molecule has 1 aliphatic rings. The third-order valence-electron chi connectivity index (χ3n) is 3.96. The molecule has 1 amide bonds. The summed E-state index contributed by atoms with van der Waals surface area (Å²) < 4.78 is 15.7. The number of hydrazine groups is 1. The lowest BCUT2D eigenvalue weighted by Gasteiger charge is -2.38. The zero-order chi connectivity index (χ0) is 21.0. The topological polar surface area (TPSA) is 181 Å². The second kappa shape index (κ2) is 8.99. The highest BCUT2D eigenvalue weighted by molar-refractivity contribution is 5.96. The molecule has 1 saturated heterocycles. The molecule has 5 atom stereocenters. The van der Waals surface area contributed by atoms with E-state index in [0.29, 0.717) is 11.3 Å². The number of hydrogen-bond acceptors (Lipinski definition) is 9. The number of carbonyl (C=O) groups is 2. The third-order valence-corrected chi connectivity index (χ3v) is 3.96. The first kappa shape index (κ1) is 21.6. The summed E-state index contributed by atoms with van der Waals surface area (Å²) in [6.07, 6.45) is -8.97. The van der Waals surface area contributed by atoms with E-state index in [1.807, 2.05) is 5.43 Å². The third kappa shape index (κ3) is 4.77. The van der Waals surface area contributed by atoms with E-state index in [2.05, 4.69) is 6.58 Å². The van der Waals surface area contributed by atoms with Crippen LogP contribution in [0, 0.1) is 0 Å². The van der Waals surface area contributed by atoms with Crippen LogP contribution in [0.25, 0.3) is 0 Å². The van der Waals surface area contributed by atoms with Gasteiger partial charge in [-0.05, 0) is 24.6 Å². The van der Waals surface area contributed by atoms with Crippen LogP contribution in [0.2, 0.25) is 0 Å². The van der Waals surface area contributed by atoms with E-state index < -0.39 is 42.6 Å². The van der Waals surface area contributed by atoms with Crippen LogP contribution in [0.15, 0.2) is 30.5 Å². The normalized spacial score (nSPS) is 27.0. The van der Waals surface area contributed by atoms with Crippen LogP contribution >= 0.6 is 0 Å². The molecule has 11 nitrogen and oxygen atoms in total. The molecule has 0 spiro atoms. The molecule has 7 N–H and O–H groups in total. The number of rotatable bonds is 7. The number of nitrogens with two attached hydrogens (primary N) is 1. The predicted octanol–water partition coefficient (Wildman–Crippen LogP) is -1.39. The van der Waals surface area contributed by atoms with Gasteiger partial charge in [-0.25, -0.2) is 10.6 Å². The highest BCUT2D eigenvalue weighted by Gasteiger charge is 2.48. The minimum absolute atomic E-state index is 0.0476. The fraction of sp³-hybridized carbons (Fsp3) is 0.412. The average Bonchev–Trinajstić information content (AvgIpc) is 2.66. The van der Waals surface area contributed by atoms with Gasteiger partial charge in [-0.2, -0.15) is 0 Å². The Kier molecular flexibility index (Phi) is 6.94. The Morgan fingerprint density at radius 3 is 2.50 bits per heavy atom. The smallest absolute Gasteiger partial charge is 0.335 e. The lowest BCUT2D eigenvalue weighted by Crippen LogP contribution is -2.61. The predicted molar refractivity (Wildman–Crippen MR) is 92.6 cm³/mol. The fourth-order valence-electron chi connectivity index (χ4n) is 2.51. The standard InChI is InChI=1S/C17H22N2O9/c1-7(2)26-6-8-3-4-10(9(5-8)15(23)19-18)27-17-13(22)11(20)12(21)14(28-17)16(24)25/h3-5,11-14,17,20-22H,1,6,18H2,2H3,(H,19,23)(H,24,25)/t11-,12-,13+,14-,17+/m0/s1. The van der Waals surface area contributed by atoms with Crippen LogP contribution in [0.4, 0.5) is 0 Å². The Hall–Kier alpha value is -2.70. The summed E-state index contributed by atoms with van der Waals surface area (Å²) in [5.41, 5.74) is 2.47.